The van der Waals surface area contributed by atoms with Crippen molar-refractivity contribution in [1.82, 2.24) is 9.97 Å². The molecule has 0 radical (unpaired) electrons. The van der Waals surface area contributed by atoms with Crippen molar-refractivity contribution in [1.29, 1.82) is 0 Å². The van der Waals surface area contributed by atoms with Gasteiger partial charge in [0.2, 0.25) is 0 Å². The molecular formula is C20H26N4. The van der Waals surface area contributed by atoms with Gasteiger partial charge in [0.25, 0.3) is 0 Å². The van der Waals surface area contributed by atoms with Gasteiger partial charge in [-0.2, -0.15) is 0 Å². The van der Waals surface area contributed by atoms with Crippen molar-refractivity contribution in [2.75, 3.05) is 29.4 Å². The lowest BCUT2D eigenvalue weighted by Crippen LogP contribution is -2.32. The van der Waals surface area contributed by atoms with Crippen LogP contribution in [0.5, 0.6) is 0 Å². The number of hydrogen-bond donors (Lipinski definition) is 0. The van der Waals surface area contributed by atoms with Crippen molar-refractivity contribution in [3.05, 3.63) is 47.3 Å². The highest BCUT2D eigenvalue weighted by molar-refractivity contribution is 5.53. The van der Waals surface area contributed by atoms with E-state index < -0.39 is 0 Å². The molecule has 2 aliphatic heterocycles. The molecule has 2 aromatic rings. The van der Waals surface area contributed by atoms with Crippen LogP contribution < -0.4 is 9.80 Å². The van der Waals surface area contributed by atoms with E-state index in [0.29, 0.717) is 5.92 Å². The fourth-order valence-electron chi connectivity index (χ4n) is 4.00. The van der Waals surface area contributed by atoms with Crippen molar-refractivity contribution < 1.29 is 0 Å². The molecule has 1 fully saturated rings. The Morgan fingerprint density at radius 2 is 1.71 bits per heavy atom. The molecule has 4 rings (SSSR count). The number of nitrogens with zero attached hydrogens (tertiary/aromatic N) is 4. The molecule has 0 N–H and O–H groups in total. The number of hydrogen-bond acceptors (Lipinski definition) is 4. The van der Waals surface area contributed by atoms with E-state index in [1.165, 1.54) is 24.0 Å². The third kappa shape index (κ3) is 2.85. The van der Waals surface area contributed by atoms with E-state index in [9.17, 15) is 0 Å². The van der Waals surface area contributed by atoms with Crippen molar-refractivity contribution in [3.8, 4) is 0 Å². The first-order valence-electron chi connectivity index (χ1n) is 9.15. The minimum Gasteiger partial charge on any atom is -0.356 e. The van der Waals surface area contributed by atoms with Crippen LogP contribution in [-0.4, -0.2) is 29.6 Å². The Hall–Kier alpha value is -2.10. The third-order valence-corrected chi connectivity index (χ3v) is 5.32. The van der Waals surface area contributed by atoms with Crippen molar-refractivity contribution in [2.45, 2.75) is 45.6 Å². The van der Waals surface area contributed by atoms with E-state index in [2.05, 4.69) is 57.9 Å². The van der Waals surface area contributed by atoms with Gasteiger partial charge in [-0.05, 0) is 41.9 Å². The monoisotopic (exact) mass is 322 g/mol. The fourth-order valence-corrected chi connectivity index (χ4v) is 4.00. The number of benzene rings is 1. The number of fused-ring (bicyclic) bond motifs is 1. The normalized spacial score (nSPS) is 17.5. The first-order valence-corrected chi connectivity index (χ1v) is 9.15. The molecule has 0 amide bonds. The topological polar surface area (TPSA) is 32.3 Å². The van der Waals surface area contributed by atoms with Gasteiger partial charge in [-0.1, -0.05) is 32.0 Å². The highest BCUT2D eigenvalue weighted by Gasteiger charge is 2.22. The maximum absolute atomic E-state index is 4.55. The second-order valence-corrected chi connectivity index (χ2v) is 7.24. The summed E-state index contributed by atoms with van der Waals surface area (Å²) < 4.78 is 0. The van der Waals surface area contributed by atoms with E-state index in [-0.39, 0.29) is 0 Å². The van der Waals surface area contributed by atoms with Crippen LogP contribution in [0.4, 0.5) is 11.6 Å². The first kappa shape index (κ1) is 15.4. The second-order valence-electron chi connectivity index (χ2n) is 7.24. The van der Waals surface area contributed by atoms with Crippen molar-refractivity contribution in [2.24, 2.45) is 0 Å². The lowest BCUT2D eigenvalue weighted by molar-refractivity contribution is 0.701. The van der Waals surface area contributed by atoms with Crippen LogP contribution in [-0.2, 0) is 13.0 Å². The van der Waals surface area contributed by atoms with Gasteiger partial charge in [0.1, 0.15) is 18.0 Å². The summed E-state index contributed by atoms with van der Waals surface area (Å²) in [6, 6.07) is 8.93. The molecule has 1 aromatic carbocycles. The number of rotatable bonds is 3. The van der Waals surface area contributed by atoms with Crippen LogP contribution in [0.1, 0.15) is 49.3 Å². The van der Waals surface area contributed by atoms with Gasteiger partial charge in [-0.3, -0.25) is 0 Å². The quantitative estimate of drug-likeness (QED) is 0.861. The Bertz CT molecular complexity index is 719. The molecule has 0 atom stereocenters. The summed E-state index contributed by atoms with van der Waals surface area (Å²) in [7, 11) is 0. The second kappa shape index (κ2) is 6.42. The molecule has 4 heteroatoms. The largest absolute Gasteiger partial charge is 0.356 e. The van der Waals surface area contributed by atoms with Crippen LogP contribution >= 0.6 is 0 Å². The maximum Gasteiger partial charge on any atom is 0.134 e. The summed E-state index contributed by atoms with van der Waals surface area (Å²) in [6.45, 7) is 8.80. The van der Waals surface area contributed by atoms with Gasteiger partial charge in [-0.15, -0.1) is 0 Å². The summed E-state index contributed by atoms with van der Waals surface area (Å²) >= 11 is 0. The first-order chi connectivity index (χ1) is 11.7. The van der Waals surface area contributed by atoms with E-state index in [1.54, 1.807) is 11.9 Å². The Kier molecular flexibility index (Phi) is 4.13. The minimum absolute atomic E-state index is 0.590. The molecule has 0 aliphatic carbocycles. The lowest BCUT2D eigenvalue weighted by Gasteiger charge is -2.32. The average Bonchev–Trinajstić information content (AvgIpc) is 3.15. The van der Waals surface area contributed by atoms with Gasteiger partial charge in [0, 0.05) is 32.2 Å². The summed E-state index contributed by atoms with van der Waals surface area (Å²) in [6.07, 6.45) is 5.37. The zero-order valence-electron chi connectivity index (χ0n) is 14.7. The molecule has 4 nitrogen and oxygen atoms in total. The predicted molar refractivity (Wildman–Crippen MR) is 98.8 cm³/mol. The minimum atomic E-state index is 0.590. The standard InChI is InChI=1S/C20H26N4/c1-15(2)17-7-5-6-16-13-24(11-8-18(16)17)20-12-19(21-14-22-20)23-9-3-4-10-23/h5-7,12,14-15H,3-4,8-11,13H2,1-2H3. The zero-order valence-corrected chi connectivity index (χ0v) is 14.7. The Balaban J connectivity index is 1.59. The molecule has 1 saturated heterocycles. The molecule has 2 aliphatic rings. The van der Waals surface area contributed by atoms with Crippen LogP contribution in [0.15, 0.2) is 30.6 Å². The average molecular weight is 322 g/mol. The summed E-state index contributed by atoms with van der Waals surface area (Å²) in [5, 5.41) is 0. The van der Waals surface area contributed by atoms with Crippen LogP contribution in [0.2, 0.25) is 0 Å². The number of aromatic nitrogens is 2. The van der Waals surface area contributed by atoms with Crippen molar-refractivity contribution >= 4 is 11.6 Å². The number of anilines is 2. The summed E-state index contributed by atoms with van der Waals surface area (Å²) in [5.41, 5.74) is 4.51. The SMILES string of the molecule is CC(C)c1cccc2c1CCN(c1cc(N3CCCC3)ncn1)C2. The molecule has 3 heterocycles. The van der Waals surface area contributed by atoms with E-state index in [1.807, 2.05) is 0 Å². The molecule has 24 heavy (non-hydrogen) atoms. The summed E-state index contributed by atoms with van der Waals surface area (Å²) in [5.74, 6) is 2.74. The fraction of sp³-hybridized carbons (Fsp3) is 0.500. The van der Waals surface area contributed by atoms with Gasteiger partial charge in [0.05, 0.1) is 0 Å². The Labute approximate surface area is 144 Å². The van der Waals surface area contributed by atoms with E-state index >= 15 is 0 Å². The summed E-state index contributed by atoms with van der Waals surface area (Å²) in [4.78, 5) is 13.8. The van der Waals surface area contributed by atoms with E-state index in [0.717, 1.165) is 44.2 Å². The Morgan fingerprint density at radius 1 is 0.958 bits per heavy atom. The molecular weight excluding hydrogens is 296 g/mol. The van der Waals surface area contributed by atoms with Gasteiger partial charge in [-0.25, -0.2) is 9.97 Å². The highest BCUT2D eigenvalue weighted by Crippen LogP contribution is 2.30. The zero-order chi connectivity index (χ0) is 16.5. The van der Waals surface area contributed by atoms with E-state index in [4.69, 9.17) is 0 Å². The smallest absolute Gasteiger partial charge is 0.134 e. The third-order valence-electron chi connectivity index (χ3n) is 5.32. The van der Waals surface area contributed by atoms with Gasteiger partial charge in [0.15, 0.2) is 0 Å². The van der Waals surface area contributed by atoms with Gasteiger partial charge < -0.3 is 9.80 Å². The Morgan fingerprint density at radius 3 is 2.46 bits per heavy atom. The highest BCUT2D eigenvalue weighted by atomic mass is 15.2. The molecule has 0 saturated carbocycles. The van der Waals surface area contributed by atoms with Crippen molar-refractivity contribution in [3.63, 3.8) is 0 Å². The van der Waals surface area contributed by atoms with Gasteiger partial charge >= 0.3 is 0 Å². The van der Waals surface area contributed by atoms with Crippen LogP contribution in [0.25, 0.3) is 0 Å². The molecule has 126 valence electrons. The molecule has 0 spiro atoms. The maximum atomic E-state index is 4.55. The predicted octanol–water partition coefficient (Wildman–Crippen LogP) is 3.76. The van der Waals surface area contributed by atoms with Crippen LogP contribution in [0.3, 0.4) is 0 Å². The lowest BCUT2D eigenvalue weighted by atomic mass is 9.89. The molecule has 1 aromatic heterocycles. The molecule has 0 bridgehead atoms. The van der Waals surface area contributed by atoms with Crippen LogP contribution in [0, 0.1) is 0 Å². The molecule has 0 unspecified atom stereocenters.